The topological polar surface area (TPSA) is 73.5 Å². The number of nitrogens with zero attached hydrogens (tertiary/aromatic N) is 1. The smallest absolute Gasteiger partial charge is 0.336 e. The number of carbonyl (C=O) groups is 2. The summed E-state index contributed by atoms with van der Waals surface area (Å²) >= 11 is 0. The minimum atomic E-state index is -4.57. The molecule has 0 unspecified atom stereocenters. The normalized spacial score (nSPS) is 11.1. The molecule has 6 nitrogen and oxygen atoms in total. The zero-order valence-electron chi connectivity index (χ0n) is 19.4. The SMILES string of the molecule is O=C(NCCN(C(=O)Nc1cccc(C(F)(F)F)c1)c1ccc(F)cc1)Nc1cccc2ccccc12. The molecule has 0 aliphatic carbocycles. The van der Waals surface area contributed by atoms with Gasteiger partial charge in [0.15, 0.2) is 0 Å². The van der Waals surface area contributed by atoms with Gasteiger partial charge in [-0.1, -0.05) is 42.5 Å². The second kappa shape index (κ2) is 11.0. The molecular formula is C27H22F4N4O2. The van der Waals surface area contributed by atoms with Gasteiger partial charge in [-0.3, -0.25) is 4.90 Å². The highest BCUT2D eigenvalue weighted by Crippen LogP contribution is 2.31. The van der Waals surface area contributed by atoms with E-state index in [1.165, 1.54) is 29.2 Å². The van der Waals surface area contributed by atoms with E-state index in [0.29, 0.717) is 11.4 Å². The summed E-state index contributed by atoms with van der Waals surface area (Å²) in [6, 6.07) is 21.0. The number of fused-ring (bicyclic) bond motifs is 1. The summed E-state index contributed by atoms with van der Waals surface area (Å²) in [4.78, 5) is 26.7. The van der Waals surface area contributed by atoms with E-state index < -0.39 is 29.6 Å². The molecule has 37 heavy (non-hydrogen) atoms. The van der Waals surface area contributed by atoms with Gasteiger partial charge in [0.25, 0.3) is 0 Å². The molecule has 0 saturated carbocycles. The fraction of sp³-hybridized carbons (Fsp3) is 0.111. The number of halogens is 4. The van der Waals surface area contributed by atoms with E-state index in [0.717, 1.165) is 35.0 Å². The number of rotatable bonds is 6. The van der Waals surface area contributed by atoms with Gasteiger partial charge in [0.1, 0.15) is 5.82 Å². The quantitative estimate of drug-likeness (QED) is 0.248. The molecule has 3 N–H and O–H groups in total. The van der Waals surface area contributed by atoms with E-state index in [1.54, 1.807) is 6.07 Å². The fourth-order valence-electron chi connectivity index (χ4n) is 3.72. The first-order valence-corrected chi connectivity index (χ1v) is 11.2. The van der Waals surface area contributed by atoms with Gasteiger partial charge in [0.05, 0.1) is 11.3 Å². The molecule has 0 spiro atoms. The molecule has 4 aromatic carbocycles. The molecule has 4 aromatic rings. The second-order valence-corrected chi connectivity index (χ2v) is 8.04. The van der Waals surface area contributed by atoms with Crippen LogP contribution in [0.25, 0.3) is 10.8 Å². The Labute approximate surface area is 209 Å². The molecule has 0 radical (unpaired) electrons. The van der Waals surface area contributed by atoms with Crippen molar-refractivity contribution in [1.82, 2.24) is 5.32 Å². The minimum Gasteiger partial charge on any atom is -0.336 e. The Bertz CT molecular complexity index is 1400. The molecule has 190 valence electrons. The van der Waals surface area contributed by atoms with Crippen LogP contribution in [0.3, 0.4) is 0 Å². The van der Waals surface area contributed by atoms with Crippen LogP contribution in [0.5, 0.6) is 0 Å². The van der Waals surface area contributed by atoms with Crippen molar-refractivity contribution in [1.29, 1.82) is 0 Å². The average Bonchev–Trinajstić information content (AvgIpc) is 2.87. The van der Waals surface area contributed by atoms with E-state index in [4.69, 9.17) is 0 Å². The Hall–Kier alpha value is -4.60. The minimum absolute atomic E-state index is 0.00396. The third-order valence-corrected chi connectivity index (χ3v) is 5.48. The molecule has 0 bridgehead atoms. The summed E-state index contributed by atoms with van der Waals surface area (Å²) in [5, 5.41) is 9.67. The third kappa shape index (κ3) is 6.54. The highest BCUT2D eigenvalue weighted by atomic mass is 19.4. The predicted molar refractivity (Wildman–Crippen MR) is 135 cm³/mol. The fourth-order valence-corrected chi connectivity index (χ4v) is 3.72. The maximum absolute atomic E-state index is 13.4. The lowest BCUT2D eigenvalue weighted by Crippen LogP contribution is -2.42. The molecule has 0 aliphatic rings. The van der Waals surface area contributed by atoms with Crippen molar-refractivity contribution in [3.05, 3.63) is 102 Å². The van der Waals surface area contributed by atoms with Crippen LogP contribution in [0.15, 0.2) is 91.0 Å². The van der Waals surface area contributed by atoms with Gasteiger partial charge in [-0.15, -0.1) is 0 Å². The van der Waals surface area contributed by atoms with Crippen LogP contribution in [0.2, 0.25) is 0 Å². The molecular weight excluding hydrogens is 488 g/mol. The highest BCUT2D eigenvalue weighted by Gasteiger charge is 2.30. The lowest BCUT2D eigenvalue weighted by atomic mass is 10.1. The third-order valence-electron chi connectivity index (χ3n) is 5.48. The van der Waals surface area contributed by atoms with Crippen LogP contribution < -0.4 is 20.9 Å². The zero-order chi connectivity index (χ0) is 26.4. The number of hydrogen-bond acceptors (Lipinski definition) is 2. The van der Waals surface area contributed by atoms with Gasteiger partial charge >= 0.3 is 18.2 Å². The molecule has 0 heterocycles. The summed E-state index contributed by atoms with van der Waals surface area (Å²) in [6.45, 7) is -0.0383. The lowest BCUT2D eigenvalue weighted by molar-refractivity contribution is -0.137. The molecule has 0 aromatic heterocycles. The Morgan fingerprint density at radius 1 is 0.811 bits per heavy atom. The summed E-state index contributed by atoms with van der Waals surface area (Å²) in [7, 11) is 0. The van der Waals surface area contributed by atoms with Crippen molar-refractivity contribution < 1.29 is 27.2 Å². The standard InChI is InChI=1S/C27H22F4N4O2/c28-20-11-13-22(14-12-20)35(26(37)33-21-8-4-7-19(17-21)27(29,30)31)16-15-32-25(36)34-24-10-3-6-18-5-1-2-9-23(18)24/h1-14,17H,15-16H2,(H,33,37)(H2,32,34,36). The monoisotopic (exact) mass is 510 g/mol. The number of nitrogens with one attached hydrogen (secondary N) is 3. The average molecular weight is 510 g/mol. The number of carbonyl (C=O) groups excluding carboxylic acids is 2. The van der Waals surface area contributed by atoms with E-state index in [9.17, 15) is 27.2 Å². The van der Waals surface area contributed by atoms with Crippen molar-refractivity contribution in [3.63, 3.8) is 0 Å². The van der Waals surface area contributed by atoms with Gasteiger partial charge in [0, 0.05) is 29.9 Å². The Morgan fingerprint density at radius 2 is 1.51 bits per heavy atom. The maximum Gasteiger partial charge on any atom is 0.416 e. The van der Waals surface area contributed by atoms with Gasteiger partial charge in [-0.2, -0.15) is 13.2 Å². The van der Waals surface area contributed by atoms with Gasteiger partial charge < -0.3 is 16.0 Å². The molecule has 0 aliphatic heterocycles. The number of urea groups is 2. The first kappa shape index (κ1) is 25.5. The maximum atomic E-state index is 13.4. The van der Waals surface area contributed by atoms with Crippen molar-refractivity contribution in [2.24, 2.45) is 0 Å². The molecule has 4 amide bonds. The van der Waals surface area contributed by atoms with Crippen LogP contribution in [-0.2, 0) is 6.18 Å². The Balaban J connectivity index is 1.44. The van der Waals surface area contributed by atoms with Crippen LogP contribution in [0.4, 0.5) is 44.2 Å². The first-order valence-electron chi connectivity index (χ1n) is 11.2. The molecule has 10 heteroatoms. The van der Waals surface area contributed by atoms with Gasteiger partial charge in [-0.25, -0.2) is 14.0 Å². The van der Waals surface area contributed by atoms with Gasteiger partial charge in [-0.05, 0) is 53.9 Å². The summed E-state index contributed by atoms with van der Waals surface area (Å²) in [6.07, 6.45) is -4.57. The molecule has 0 fully saturated rings. The second-order valence-electron chi connectivity index (χ2n) is 8.04. The van der Waals surface area contributed by atoms with Crippen molar-refractivity contribution in [2.45, 2.75) is 6.18 Å². The molecule has 0 saturated heterocycles. The number of hydrogen-bond donors (Lipinski definition) is 3. The Morgan fingerprint density at radius 3 is 2.27 bits per heavy atom. The number of anilines is 3. The van der Waals surface area contributed by atoms with E-state index in [-0.39, 0.29) is 18.8 Å². The zero-order valence-corrected chi connectivity index (χ0v) is 19.4. The van der Waals surface area contributed by atoms with Crippen molar-refractivity contribution >= 4 is 39.9 Å². The molecule has 0 atom stereocenters. The van der Waals surface area contributed by atoms with Crippen LogP contribution in [0, 0.1) is 5.82 Å². The van der Waals surface area contributed by atoms with E-state index in [2.05, 4.69) is 16.0 Å². The van der Waals surface area contributed by atoms with Crippen molar-refractivity contribution in [3.8, 4) is 0 Å². The number of amides is 4. The summed E-state index contributed by atoms with van der Waals surface area (Å²) < 4.78 is 52.6. The summed E-state index contributed by atoms with van der Waals surface area (Å²) in [5.74, 6) is -0.519. The molecule has 4 rings (SSSR count). The highest BCUT2D eigenvalue weighted by molar-refractivity contribution is 6.03. The predicted octanol–water partition coefficient (Wildman–Crippen LogP) is 6.86. The largest absolute Gasteiger partial charge is 0.416 e. The van der Waals surface area contributed by atoms with E-state index in [1.807, 2.05) is 36.4 Å². The number of alkyl halides is 3. The van der Waals surface area contributed by atoms with Crippen LogP contribution in [-0.4, -0.2) is 25.2 Å². The number of benzene rings is 4. The van der Waals surface area contributed by atoms with Gasteiger partial charge in [0.2, 0.25) is 0 Å². The van der Waals surface area contributed by atoms with Crippen LogP contribution >= 0.6 is 0 Å². The summed E-state index contributed by atoms with van der Waals surface area (Å²) in [5.41, 5.74) is -0.0746. The first-order chi connectivity index (χ1) is 17.7. The van der Waals surface area contributed by atoms with E-state index >= 15 is 0 Å². The van der Waals surface area contributed by atoms with Crippen molar-refractivity contribution in [2.75, 3.05) is 28.6 Å². The lowest BCUT2D eigenvalue weighted by Gasteiger charge is -2.24. The van der Waals surface area contributed by atoms with Crippen LogP contribution in [0.1, 0.15) is 5.56 Å². The Kier molecular flexibility index (Phi) is 7.57.